The van der Waals surface area contributed by atoms with Crippen molar-refractivity contribution in [3.8, 4) is 0 Å². The predicted octanol–water partition coefficient (Wildman–Crippen LogP) is 1.87. The number of carbonyl (C=O) groups excluding carboxylic acids is 1. The molecule has 2 aromatic heterocycles. The Morgan fingerprint density at radius 3 is 2.62 bits per heavy atom. The maximum absolute atomic E-state index is 12.7. The fourth-order valence-corrected chi connectivity index (χ4v) is 2.37. The molecule has 1 aromatic carbocycles. The van der Waals surface area contributed by atoms with Gasteiger partial charge in [-0.1, -0.05) is 30.3 Å². The van der Waals surface area contributed by atoms with Gasteiger partial charge in [-0.2, -0.15) is 5.10 Å². The van der Waals surface area contributed by atoms with E-state index < -0.39 is 6.04 Å². The van der Waals surface area contributed by atoms with Gasteiger partial charge in [0.05, 0.1) is 11.9 Å². The molecule has 1 amide bonds. The number of nitrogens with zero attached hydrogens (tertiary/aromatic N) is 6. The Morgan fingerprint density at radius 2 is 2.00 bits per heavy atom. The number of rotatable bonds is 6. The Labute approximate surface area is 139 Å². The van der Waals surface area contributed by atoms with Crippen molar-refractivity contribution in [2.75, 3.05) is 5.32 Å². The Balaban J connectivity index is 1.78. The molecule has 0 saturated carbocycles. The highest BCUT2D eigenvalue weighted by molar-refractivity contribution is 5.93. The van der Waals surface area contributed by atoms with Crippen LogP contribution in [0.2, 0.25) is 0 Å². The van der Waals surface area contributed by atoms with Crippen LogP contribution in [0.5, 0.6) is 0 Å². The predicted molar refractivity (Wildman–Crippen MR) is 88.2 cm³/mol. The lowest BCUT2D eigenvalue weighted by Crippen LogP contribution is -2.28. The molecule has 2 heterocycles. The van der Waals surface area contributed by atoms with Gasteiger partial charge in [-0.25, -0.2) is 4.68 Å². The Kier molecular flexibility index (Phi) is 4.64. The molecule has 1 atom stereocenters. The van der Waals surface area contributed by atoms with E-state index in [1.54, 1.807) is 10.9 Å². The normalized spacial score (nSPS) is 12.3. The van der Waals surface area contributed by atoms with Crippen molar-refractivity contribution < 1.29 is 4.79 Å². The molecule has 3 aromatic rings. The minimum absolute atomic E-state index is 0.186. The van der Waals surface area contributed by atoms with Crippen LogP contribution in [-0.4, -0.2) is 35.9 Å². The second-order valence-electron chi connectivity index (χ2n) is 5.79. The van der Waals surface area contributed by atoms with E-state index in [1.165, 1.54) is 11.0 Å². The third-order valence-electron chi connectivity index (χ3n) is 3.66. The van der Waals surface area contributed by atoms with Gasteiger partial charge in [0, 0.05) is 18.7 Å². The van der Waals surface area contributed by atoms with Crippen molar-refractivity contribution >= 4 is 11.6 Å². The van der Waals surface area contributed by atoms with E-state index in [0.29, 0.717) is 12.1 Å². The van der Waals surface area contributed by atoms with E-state index in [2.05, 4.69) is 25.9 Å². The number of anilines is 1. The second kappa shape index (κ2) is 7.03. The van der Waals surface area contributed by atoms with Crippen LogP contribution in [0.25, 0.3) is 0 Å². The molecule has 0 saturated heterocycles. The molecule has 0 spiro atoms. The van der Waals surface area contributed by atoms with Crippen molar-refractivity contribution in [1.29, 1.82) is 0 Å². The summed E-state index contributed by atoms with van der Waals surface area (Å²) in [6.07, 6.45) is 5.39. The number of tetrazole rings is 1. The topological polar surface area (TPSA) is 90.5 Å². The Hall–Kier alpha value is -3.03. The first-order valence-corrected chi connectivity index (χ1v) is 7.75. The third kappa shape index (κ3) is 3.65. The van der Waals surface area contributed by atoms with Crippen LogP contribution in [0, 0.1) is 0 Å². The number of benzene rings is 1. The van der Waals surface area contributed by atoms with Crippen LogP contribution in [0.4, 0.5) is 5.69 Å². The van der Waals surface area contributed by atoms with Crippen LogP contribution in [0.1, 0.15) is 31.5 Å². The first-order valence-electron chi connectivity index (χ1n) is 7.75. The molecular formula is C16H19N7O. The number of hydrogen-bond acceptors (Lipinski definition) is 5. The van der Waals surface area contributed by atoms with Gasteiger partial charge in [0.15, 0.2) is 0 Å². The summed E-state index contributed by atoms with van der Waals surface area (Å²) in [5.74, 6) is -0.186. The fraction of sp³-hybridized carbons (Fsp3) is 0.312. The lowest BCUT2D eigenvalue weighted by atomic mass is 10.1. The fourth-order valence-electron chi connectivity index (χ4n) is 2.37. The number of carbonyl (C=O) groups is 1. The molecule has 0 aliphatic rings. The summed E-state index contributed by atoms with van der Waals surface area (Å²) in [5, 5.41) is 18.3. The number of nitrogens with one attached hydrogen (secondary N) is 1. The van der Waals surface area contributed by atoms with Crippen LogP contribution in [-0.2, 0) is 11.2 Å². The third-order valence-corrected chi connectivity index (χ3v) is 3.66. The van der Waals surface area contributed by atoms with Crippen molar-refractivity contribution in [3.05, 3.63) is 54.6 Å². The molecule has 0 radical (unpaired) electrons. The quantitative estimate of drug-likeness (QED) is 0.747. The van der Waals surface area contributed by atoms with Gasteiger partial charge in [-0.15, -0.1) is 5.10 Å². The van der Waals surface area contributed by atoms with Gasteiger partial charge in [0.25, 0.3) is 0 Å². The molecule has 1 unspecified atom stereocenters. The molecule has 124 valence electrons. The molecule has 8 heteroatoms. The van der Waals surface area contributed by atoms with Gasteiger partial charge < -0.3 is 5.32 Å². The van der Waals surface area contributed by atoms with Crippen LogP contribution in [0.3, 0.4) is 0 Å². The van der Waals surface area contributed by atoms with E-state index >= 15 is 0 Å². The van der Waals surface area contributed by atoms with Crippen molar-refractivity contribution in [1.82, 2.24) is 30.0 Å². The van der Waals surface area contributed by atoms with Crippen LogP contribution >= 0.6 is 0 Å². The molecule has 0 aliphatic carbocycles. The number of amides is 1. The molecule has 24 heavy (non-hydrogen) atoms. The summed E-state index contributed by atoms with van der Waals surface area (Å²) in [4.78, 5) is 12.7. The summed E-state index contributed by atoms with van der Waals surface area (Å²) < 4.78 is 3.26. The highest BCUT2D eigenvalue weighted by Gasteiger charge is 2.23. The van der Waals surface area contributed by atoms with Gasteiger partial charge in [0.2, 0.25) is 5.91 Å². The van der Waals surface area contributed by atoms with Gasteiger partial charge in [-0.3, -0.25) is 9.48 Å². The zero-order valence-electron chi connectivity index (χ0n) is 13.6. The summed E-state index contributed by atoms with van der Waals surface area (Å²) >= 11 is 0. The minimum atomic E-state index is -0.537. The van der Waals surface area contributed by atoms with Crippen molar-refractivity contribution in [2.45, 2.75) is 32.4 Å². The maximum Gasteiger partial charge on any atom is 0.249 e. The summed E-state index contributed by atoms with van der Waals surface area (Å²) in [5.41, 5.74) is 1.69. The van der Waals surface area contributed by atoms with Crippen molar-refractivity contribution in [3.63, 3.8) is 0 Å². The van der Waals surface area contributed by atoms with E-state index in [-0.39, 0.29) is 11.9 Å². The standard InChI is InChI=1S/C16H19N7O/c1-12(2)22-10-14(9-18-22)19-16(24)15(23-11-17-20-21-23)8-13-6-4-3-5-7-13/h3-7,9-12,15H,8H2,1-2H3,(H,19,24). The molecule has 3 rings (SSSR count). The number of hydrogen-bond donors (Lipinski definition) is 1. The van der Waals surface area contributed by atoms with E-state index in [0.717, 1.165) is 5.56 Å². The van der Waals surface area contributed by atoms with E-state index in [1.807, 2.05) is 50.4 Å². The van der Waals surface area contributed by atoms with E-state index in [9.17, 15) is 4.79 Å². The van der Waals surface area contributed by atoms with Crippen molar-refractivity contribution in [2.24, 2.45) is 0 Å². The molecule has 0 fully saturated rings. The highest BCUT2D eigenvalue weighted by Crippen LogP contribution is 2.17. The highest BCUT2D eigenvalue weighted by atomic mass is 16.2. The van der Waals surface area contributed by atoms with Crippen LogP contribution in [0.15, 0.2) is 49.1 Å². The number of aromatic nitrogens is 6. The first kappa shape index (κ1) is 15.9. The first-order chi connectivity index (χ1) is 11.6. The molecule has 0 aliphatic heterocycles. The van der Waals surface area contributed by atoms with E-state index in [4.69, 9.17) is 0 Å². The monoisotopic (exact) mass is 325 g/mol. The minimum Gasteiger partial charge on any atom is -0.322 e. The average molecular weight is 325 g/mol. The van der Waals surface area contributed by atoms with Gasteiger partial charge in [0.1, 0.15) is 12.4 Å². The largest absolute Gasteiger partial charge is 0.322 e. The molecular weight excluding hydrogens is 306 g/mol. The second-order valence-corrected chi connectivity index (χ2v) is 5.79. The molecule has 1 N–H and O–H groups in total. The summed E-state index contributed by atoms with van der Waals surface area (Å²) in [6, 6.07) is 9.46. The summed E-state index contributed by atoms with van der Waals surface area (Å²) in [7, 11) is 0. The zero-order valence-corrected chi connectivity index (χ0v) is 13.6. The SMILES string of the molecule is CC(C)n1cc(NC(=O)C(Cc2ccccc2)n2cnnn2)cn1. The van der Waals surface area contributed by atoms with Crippen LogP contribution < -0.4 is 5.32 Å². The Morgan fingerprint density at radius 1 is 1.21 bits per heavy atom. The lowest BCUT2D eigenvalue weighted by molar-refractivity contribution is -0.119. The van der Waals surface area contributed by atoms with Gasteiger partial charge >= 0.3 is 0 Å². The summed E-state index contributed by atoms with van der Waals surface area (Å²) in [6.45, 7) is 4.05. The Bertz CT molecular complexity index is 780. The molecule has 0 bridgehead atoms. The maximum atomic E-state index is 12.7. The molecule has 8 nitrogen and oxygen atoms in total. The smallest absolute Gasteiger partial charge is 0.249 e. The van der Waals surface area contributed by atoms with Gasteiger partial charge in [-0.05, 0) is 29.8 Å². The lowest BCUT2D eigenvalue weighted by Gasteiger charge is -2.15. The zero-order chi connectivity index (χ0) is 16.9. The average Bonchev–Trinajstić information content (AvgIpc) is 3.25.